The largest absolute Gasteiger partial charge is 0.198 e. The standard InChI is InChI=1S/C14H25N/c1-11(2)14(12(3)4)8-6-13(5,10-15)7-9-14/h11-12H,6-9H2,1-5H3. The second-order valence-corrected chi connectivity index (χ2v) is 6.22. The van der Waals surface area contributed by atoms with Gasteiger partial charge in [-0.2, -0.15) is 5.26 Å². The van der Waals surface area contributed by atoms with Gasteiger partial charge in [0.2, 0.25) is 0 Å². The fourth-order valence-corrected chi connectivity index (χ4v) is 3.20. The summed E-state index contributed by atoms with van der Waals surface area (Å²) in [5.74, 6) is 1.47. The Kier molecular flexibility index (Phi) is 3.48. The molecule has 15 heavy (non-hydrogen) atoms. The summed E-state index contributed by atoms with van der Waals surface area (Å²) in [6.45, 7) is 11.5. The molecule has 1 saturated carbocycles. The summed E-state index contributed by atoms with van der Waals surface area (Å²) in [6, 6.07) is 2.50. The first kappa shape index (κ1) is 12.6. The summed E-state index contributed by atoms with van der Waals surface area (Å²) in [4.78, 5) is 0. The van der Waals surface area contributed by atoms with E-state index in [1.807, 2.05) is 0 Å². The van der Waals surface area contributed by atoms with Crippen LogP contribution in [0.25, 0.3) is 0 Å². The molecule has 1 fully saturated rings. The van der Waals surface area contributed by atoms with Crippen LogP contribution in [0.15, 0.2) is 0 Å². The third-order valence-corrected chi connectivity index (χ3v) is 4.85. The van der Waals surface area contributed by atoms with Crippen LogP contribution >= 0.6 is 0 Å². The van der Waals surface area contributed by atoms with Crippen molar-refractivity contribution in [3.8, 4) is 6.07 Å². The highest BCUT2D eigenvalue weighted by atomic mass is 14.5. The zero-order chi connectivity index (χ0) is 11.7. The van der Waals surface area contributed by atoms with Gasteiger partial charge in [-0.1, -0.05) is 27.7 Å². The van der Waals surface area contributed by atoms with E-state index in [9.17, 15) is 0 Å². The van der Waals surface area contributed by atoms with Gasteiger partial charge < -0.3 is 0 Å². The van der Waals surface area contributed by atoms with E-state index in [0.717, 1.165) is 24.7 Å². The lowest BCUT2D eigenvalue weighted by Gasteiger charge is -2.48. The quantitative estimate of drug-likeness (QED) is 0.659. The SMILES string of the molecule is CC(C)C1(C(C)C)CCC(C)(C#N)CC1. The van der Waals surface area contributed by atoms with Gasteiger partial charge in [0, 0.05) is 0 Å². The monoisotopic (exact) mass is 207 g/mol. The Bertz CT molecular complexity index is 239. The molecule has 0 N–H and O–H groups in total. The summed E-state index contributed by atoms with van der Waals surface area (Å²) in [6.07, 6.45) is 4.62. The van der Waals surface area contributed by atoms with Crippen molar-refractivity contribution < 1.29 is 0 Å². The minimum absolute atomic E-state index is 0.0483. The smallest absolute Gasteiger partial charge is 0.0686 e. The third kappa shape index (κ3) is 2.19. The van der Waals surface area contributed by atoms with Gasteiger partial charge in [0.1, 0.15) is 0 Å². The van der Waals surface area contributed by atoms with Crippen LogP contribution < -0.4 is 0 Å². The van der Waals surface area contributed by atoms with Crippen molar-refractivity contribution in [3.63, 3.8) is 0 Å². The first-order chi connectivity index (χ1) is 6.86. The van der Waals surface area contributed by atoms with Crippen LogP contribution in [0.3, 0.4) is 0 Å². The van der Waals surface area contributed by atoms with Crippen LogP contribution in [0.5, 0.6) is 0 Å². The molecule has 1 aliphatic carbocycles. The van der Waals surface area contributed by atoms with Crippen LogP contribution in [-0.2, 0) is 0 Å². The van der Waals surface area contributed by atoms with Gasteiger partial charge >= 0.3 is 0 Å². The summed E-state index contributed by atoms with van der Waals surface area (Å²) in [5, 5.41) is 9.15. The normalized spacial score (nSPS) is 24.1. The highest BCUT2D eigenvalue weighted by molar-refractivity contribution is 5.03. The van der Waals surface area contributed by atoms with Gasteiger partial charge in [-0.15, -0.1) is 0 Å². The van der Waals surface area contributed by atoms with E-state index in [2.05, 4.69) is 40.7 Å². The molecule has 1 rings (SSSR count). The van der Waals surface area contributed by atoms with E-state index in [1.54, 1.807) is 0 Å². The van der Waals surface area contributed by atoms with E-state index in [0.29, 0.717) is 5.41 Å². The molecule has 0 radical (unpaired) electrons. The van der Waals surface area contributed by atoms with Crippen molar-refractivity contribution in [2.24, 2.45) is 22.7 Å². The molecule has 0 amide bonds. The molecule has 0 aromatic carbocycles. The first-order valence-electron chi connectivity index (χ1n) is 6.27. The predicted molar refractivity (Wildman–Crippen MR) is 64.3 cm³/mol. The number of hydrogen-bond acceptors (Lipinski definition) is 1. The van der Waals surface area contributed by atoms with E-state index >= 15 is 0 Å². The van der Waals surface area contributed by atoms with Gasteiger partial charge in [0.25, 0.3) is 0 Å². The summed E-state index contributed by atoms with van der Waals surface area (Å²) < 4.78 is 0. The van der Waals surface area contributed by atoms with Crippen LogP contribution in [0.2, 0.25) is 0 Å². The topological polar surface area (TPSA) is 23.8 Å². The predicted octanol–water partition coefficient (Wildman–Crippen LogP) is 4.39. The van der Waals surface area contributed by atoms with Crippen molar-refractivity contribution in [1.29, 1.82) is 5.26 Å². The van der Waals surface area contributed by atoms with Crippen LogP contribution in [0, 0.1) is 34.0 Å². The fourth-order valence-electron chi connectivity index (χ4n) is 3.20. The first-order valence-corrected chi connectivity index (χ1v) is 6.27. The van der Waals surface area contributed by atoms with Crippen molar-refractivity contribution in [3.05, 3.63) is 0 Å². The molecule has 0 unspecified atom stereocenters. The van der Waals surface area contributed by atoms with Gasteiger partial charge in [0.15, 0.2) is 0 Å². The van der Waals surface area contributed by atoms with Crippen LogP contribution in [0.4, 0.5) is 0 Å². The summed E-state index contributed by atoms with van der Waals surface area (Å²) in [7, 11) is 0. The minimum atomic E-state index is -0.0483. The van der Waals surface area contributed by atoms with E-state index < -0.39 is 0 Å². The Balaban J connectivity index is 2.80. The van der Waals surface area contributed by atoms with Gasteiger partial charge in [-0.25, -0.2) is 0 Å². The summed E-state index contributed by atoms with van der Waals surface area (Å²) in [5.41, 5.74) is 0.434. The number of nitriles is 1. The lowest BCUT2D eigenvalue weighted by Crippen LogP contribution is -2.39. The fraction of sp³-hybridized carbons (Fsp3) is 0.929. The average molecular weight is 207 g/mol. The van der Waals surface area contributed by atoms with Gasteiger partial charge in [-0.3, -0.25) is 0 Å². The Morgan fingerprint density at radius 3 is 1.60 bits per heavy atom. The maximum Gasteiger partial charge on any atom is 0.0686 e. The van der Waals surface area contributed by atoms with Gasteiger partial charge in [0.05, 0.1) is 11.5 Å². The van der Waals surface area contributed by atoms with E-state index in [4.69, 9.17) is 5.26 Å². The summed E-state index contributed by atoms with van der Waals surface area (Å²) >= 11 is 0. The molecule has 1 aliphatic rings. The molecule has 86 valence electrons. The number of nitrogens with zero attached hydrogens (tertiary/aromatic N) is 1. The Hall–Kier alpha value is -0.510. The highest BCUT2D eigenvalue weighted by Gasteiger charge is 2.44. The lowest BCUT2D eigenvalue weighted by molar-refractivity contribution is 0.0257. The maximum absolute atomic E-state index is 9.15. The molecule has 0 spiro atoms. The minimum Gasteiger partial charge on any atom is -0.198 e. The number of hydrogen-bond donors (Lipinski definition) is 0. The van der Waals surface area contributed by atoms with Gasteiger partial charge in [-0.05, 0) is 49.9 Å². The molecule has 0 atom stereocenters. The van der Waals surface area contributed by atoms with Crippen LogP contribution in [-0.4, -0.2) is 0 Å². The van der Waals surface area contributed by atoms with E-state index in [-0.39, 0.29) is 5.41 Å². The molecular formula is C14H25N. The molecule has 0 saturated heterocycles. The Morgan fingerprint density at radius 1 is 0.933 bits per heavy atom. The lowest BCUT2D eigenvalue weighted by atomic mass is 9.56. The van der Waals surface area contributed by atoms with E-state index in [1.165, 1.54) is 12.8 Å². The molecule has 0 aromatic heterocycles. The second kappa shape index (κ2) is 4.16. The highest BCUT2D eigenvalue weighted by Crippen LogP contribution is 2.52. The molecule has 1 nitrogen and oxygen atoms in total. The molecule has 0 heterocycles. The van der Waals surface area contributed by atoms with Crippen molar-refractivity contribution in [2.75, 3.05) is 0 Å². The maximum atomic E-state index is 9.15. The number of rotatable bonds is 2. The van der Waals surface area contributed by atoms with Crippen LogP contribution in [0.1, 0.15) is 60.3 Å². The zero-order valence-electron chi connectivity index (χ0n) is 10.9. The Labute approximate surface area is 94.9 Å². The molecule has 0 aliphatic heterocycles. The third-order valence-electron chi connectivity index (χ3n) is 4.85. The molecule has 0 bridgehead atoms. The average Bonchev–Trinajstić information content (AvgIpc) is 2.18. The van der Waals surface area contributed by atoms with Crippen molar-refractivity contribution >= 4 is 0 Å². The Morgan fingerprint density at radius 2 is 1.33 bits per heavy atom. The molecule has 1 heteroatoms. The van der Waals surface area contributed by atoms with Crippen molar-refractivity contribution in [1.82, 2.24) is 0 Å². The van der Waals surface area contributed by atoms with Crippen molar-refractivity contribution in [2.45, 2.75) is 60.3 Å². The molecular weight excluding hydrogens is 182 g/mol. The molecule has 0 aromatic rings. The zero-order valence-corrected chi connectivity index (χ0v) is 10.9. The second-order valence-electron chi connectivity index (χ2n) is 6.22.